The van der Waals surface area contributed by atoms with Crippen LogP contribution >= 0.6 is 0 Å². The topological polar surface area (TPSA) is 96.5 Å². The third kappa shape index (κ3) is 4.92. The molecule has 1 amide bonds. The van der Waals surface area contributed by atoms with Gasteiger partial charge in [-0.2, -0.15) is 0 Å². The van der Waals surface area contributed by atoms with Crippen LogP contribution in [0.3, 0.4) is 0 Å². The fourth-order valence-electron chi connectivity index (χ4n) is 2.76. The van der Waals surface area contributed by atoms with Gasteiger partial charge < -0.3 is 15.4 Å². The van der Waals surface area contributed by atoms with Crippen LogP contribution in [0.25, 0.3) is 0 Å². The number of benzene rings is 1. The average Bonchev–Trinajstić information content (AvgIpc) is 2.47. The van der Waals surface area contributed by atoms with Crippen molar-refractivity contribution in [2.45, 2.75) is 12.8 Å². The highest BCUT2D eigenvalue weighted by molar-refractivity contribution is 7.92. The molecule has 1 aromatic carbocycles. The molecule has 8 heteroatoms. The highest BCUT2D eigenvalue weighted by Crippen LogP contribution is 2.31. The zero-order chi connectivity index (χ0) is 16.9. The van der Waals surface area contributed by atoms with Gasteiger partial charge in [0.05, 0.1) is 24.0 Å². The van der Waals surface area contributed by atoms with E-state index in [1.165, 1.54) is 0 Å². The van der Waals surface area contributed by atoms with E-state index in [2.05, 4.69) is 15.4 Å². The van der Waals surface area contributed by atoms with Crippen molar-refractivity contribution in [2.24, 2.45) is 5.41 Å². The van der Waals surface area contributed by atoms with E-state index in [4.69, 9.17) is 4.74 Å². The predicted octanol–water partition coefficient (Wildman–Crippen LogP) is 1.01. The Balaban J connectivity index is 2.13. The first-order valence-electron chi connectivity index (χ1n) is 7.44. The second-order valence-electron chi connectivity index (χ2n) is 5.87. The minimum Gasteiger partial charge on any atom is -0.384 e. The maximum absolute atomic E-state index is 12.7. The van der Waals surface area contributed by atoms with Crippen LogP contribution in [0.5, 0.6) is 0 Å². The number of amides is 1. The van der Waals surface area contributed by atoms with Gasteiger partial charge in [-0.1, -0.05) is 6.07 Å². The number of carbonyl (C=O) groups excluding carboxylic acids is 1. The number of hydrogen-bond donors (Lipinski definition) is 3. The number of anilines is 2. The van der Waals surface area contributed by atoms with Crippen molar-refractivity contribution in [3.8, 4) is 0 Å². The summed E-state index contributed by atoms with van der Waals surface area (Å²) in [6.45, 7) is 1.90. The second kappa shape index (κ2) is 7.29. The summed E-state index contributed by atoms with van der Waals surface area (Å²) in [5, 5.41) is 6.12. The Kier molecular flexibility index (Phi) is 5.61. The third-order valence-corrected chi connectivity index (χ3v) is 4.49. The number of piperidine rings is 1. The number of rotatable bonds is 6. The molecule has 7 nitrogen and oxygen atoms in total. The van der Waals surface area contributed by atoms with Crippen molar-refractivity contribution in [1.29, 1.82) is 0 Å². The first-order valence-corrected chi connectivity index (χ1v) is 9.33. The van der Waals surface area contributed by atoms with Gasteiger partial charge in [-0.05, 0) is 44.1 Å². The van der Waals surface area contributed by atoms with Crippen LogP contribution in [0.2, 0.25) is 0 Å². The summed E-state index contributed by atoms with van der Waals surface area (Å²) in [7, 11) is -1.76. The predicted molar refractivity (Wildman–Crippen MR) is 90.0 cm³/mol. The largest absolute Gasteiger partial charge is 0.384 e. The van der Waals surface area contributed by atoms with Crippen LogP contribution < -0.4 is 15.4 Å². The first kappa shape index (κ1) is 17.7. The number of carbonyl (C=O) groups is 1. The van der Waals surface area contributed by atoms with Crippen LogP contribution in [0.4, 0.5) is 11.4 Å². The fourth-order valence-corrected chi connectivity index (χ4v) is 3.31. The van der Waals surface area contributed by atoms with E-state index in [-0.39, 0.29) is 5.91 Å². The summed E-state index contributed by atoms with van der Waals surface area (Å²) in [5.74, 6) is -0.0997. The van der Waals surface area contributed by atoms with Crippen molar-refractivity contribution in [2.75, 3.05) is 43.1 Å². The molecule has 1 saturated heterocycles. The van der Waals surface area contributed by atoms with Crippen molar-refractivity contribution in [3.05, 3.63) is 24.3 Å². The lowest BCUT2D eigenvalue weighted by Gasteiger charge is -2.35. The zero-order valence-corrected chi connectivity index (χ0v) is 14.2. The molecule has 1 aliphatic rings. The molecule has 0 aromatic heterocycles. The van der Waals surface area contributed by atoms with Crippen LogP contribution in [0.15, 0.2) is 24.3 Å². The van der Waals surface area contributed by atoms with Crippen LogP contribution in [-0.2, 0) is 19.6 Å². The van der Waals surface area contributed by atoms with Gasteiger partial charge in [0.2, 0.25) is 15.9 Å². The average molecular weight is 341 g/mol. The SMILES string of the molecule is COCC1(C(=O)Nc2cccc(NS(C)(=O)=O)c2)CCNCC1. The first-order chi connectivity index (χ1) is 10.8. The standard InChI is InChI=1S/C15H23N3O4S/c1-22-11-15(6-8-16-9-7-15)14(19)17-12-4-3-5-13(10-12)18-23(2,20)21/h3-5,10,16,18H,6-9,11H2,1-2H3,(H,17,19). The van der Waals surface area contributed by atoms with E-state index in [0.29, 0.717) is 30.8 Å². The summed E-state index contributed by atoms with van der Waals surface area (Å²) in [6.07, 6.45) is 2.49. The lowest BCUT2D eigenvalue weighted by molar-refractivity contribution is -0.130. The number of hydrogen-bond acceptors (Lipinski definition) is 5. The number of methoxy groups -OCH3 is 1. The molecule has 3 N–H and O–H groups in total. The van der Waals surface area contributed by atoms with Gasteiger partial charge in [-0.3, -0.25) is 9.52 Å². The monoisotopic (exact) mass is 341 g/mol. The maximum atomic E-state index is 12.7. The van der Waals surface area contributed by atoms with Gasteiger partial charge in [0.25, 0.3) is 0 Å². The molecule has 0 saturated carbocycles. The maximum Gasteiger partial charge on any atom is 0.233 e. The Morgan fingerprint density at radius 2 is 1.96 bits per heavy atom. The highest BCUT2D eigenvalue weighted by atomic mass is 32.2. The molecule has 128 valence electrons. The Morgan fingerprint density at radius 1 is 1.30 bits per heavy atom. The Hall–Kier alpha value is -1.64. The van der Waals surface area contributed by atoms with Gasteiger partial charge in [0.1, 0.15) is 0 Å². The molecule has 0 atom stereocenters. The van der Waals surface area contributed by atoms with Crippen molar-refractivity contribution in [1.82, 2.24) is 5.32 Å². The molecule has 1 fully saturated rings. The smallest absolute Gasteiger partial charge is 0.233 e. The molecule has 0 aliphatic carbocycles. The highest BCUT2D eigenvalue weighted by Gasteiger charge is 2.39. The summed E-state index contributed by atoms with van der Waals surface area (Å²) in [4.78, 5) is 12.7. The van der Waals surface area contributed by atoms with Crippen molar-refractivity contribution >= 4 is 27.3 Å². The van der Waals surface area contributed by atoms with Gasteiger partial charge in [0.15, 0.2) is 0 Å². The van der Waals surface area contributed by atoms with Gasteiger partial charge >= 0.3 is 0 Å². The molecular weight excluding hydrogens is 318 g/mol. The van der Waals surface area contributed by atoms with Gasteiger partial charge in [0, 0.05) is 12.8 Å². The molecule has 0 radical (unpaired) electrons. The van der Waals surface area contributed by atoms with E-state index in [1.807, 2.05) is 0 Å². The summed E-state index contributed by atoms with van der Waals surface area (Å²) >= 11 is 0. The summed E-state index contributed by atoms with van der Waals surface area (Å²) in [5.41, 5.74) is 0.411. The number of ether oxygens (including phenoxy) is 1. The van der Waals surface area contributed by atoms with E-state index < -0.39 is 15.4 Å². The minimum atomic E-state index is -3.35. The molecule has 0 unspecified atom stereocenters. The fraction of sp³-hybridized carbons (Fsp3) is 0.533. The van der Waals surface area contributed by atoms with Crippen LogP contribution in [0.1, 0.15) is 12.8 Å². The molecule has 1 heterocycles. The van der Waals surface area contributed by atoms with E-state index in [9.17, 15) is 13.2 Å². The molecule has 1 aliphatic heterocycles. The molecule has 1 aromatic rings. The lowest BCUT2D eigenvalue weighted by atomic mass is 9.78. The normalized spacial score (nSPS) is 17.5. The van der Waals surface area contributed by atoms with Gasteiger partial charge in [-0.15, -0.1) is 0 Å². The lowest BCUT2D eigenvalue weighted by Crippen LogP contribution is -2.47. The van der Waals surface area contributed by atoms with Crippen LogP contribution in [0, 0.1) is 5.41 Å². The Bertz CT molecular complexity index is 649. The van der Waals surface area contributed by atoms with Crippen molar-refractivity contribution in [3.63, 3.8) is 0 Å². The van der Waals surface area contributed by atoms with E-state index in [0.717, 1.165) is 19.3 Å². The zero-order valence-electron chi connectivity index (χ0n) is 13.4. The van der Waals surface area contributed by atoms with Gasteiger partial charge in [-0.25, -0.2) is 8.42 Å². The molecular formula is C15H23N3O4S. The van der Waals surface area contributed by atoms with Crippen LogP contribution in [-0.4, -0.2) is 47.4 Å². The number of sulfonamides is 1. The molecule has 2 rings (SSSR count). The molecule has 0 spiro atoms. The Labute approximate surface area is 136 Å². The molecule has 0 bridgehead atoms. The minimum absolute atomic E-state index is 0.0997. The van der Waals surface area contributed by atoms with E-state index in [1.54, 1.807) is 31.4 Å². The molecule has 23 heavy (non-hydrogen) atoms. The second-order valence-corrected chi connectivity index (χ2v) is 7.62. The van der Waals surface area contributed by atoms with Crippen molar-refractivity contribution < 1.29 is 17.9 Å². The summed E-state index contributed by atoms with van der Waals surface area (Å²) < 4.78 is 30.2. The Morgan fingerprint density at radius 3 is 2.57 bits per heavy atom. The number of nitrogens with one attached hydrogen (secondary N) is 3. The third-order valence-electron chi connectivity index (χ3n) is 3.89. The quantitative estimate of drug-likeness (QED) is 0.718. The summed E-state index contributed by atoms with van der Waals surface area (Å²) in [6, 6.07) is 6.65. The van der Waals surface area contributed by atoms with E-state index >= 15 is 0 Å².